The van der Waals surface area contributed by atoms with Gasteiger partial charge in [0.25, 0.3) is 0 Å². The molecule has 0 amide bonds. The first-order valence-electron chi connectivity index (χ1n) is 14.9. The van der Waals surface area contributed by atoms with Crippen LogP contribution in [0.25, 0.3) is 0 Å². The molecule has 12 unspecified atom stereocenters. The molecule has 4 saturated carbocycles. The molecule has 0 spiro atoms. The Morgan fingerprint density at radius 1 is 1.03 bits per heavy atom. The Morgan fingerprint density at radius 2 is 1.78 bits per heavy atom. The van der Waals surface area contributed by atoms with E-state index in [9.17, 15) is 20.1 Å². The lowest BCUT2D eigenvalue weighted by molar-refractivity contribution is -0.207. The minimum Gasteiger partial charge on any atom is -0.436 e. The SMILES string of the molecule is CCCCOC(C)OC(=O)CCC(C)C1CCC2C3C(O)CC4CC(O)CCC4(C)C3CC(O)C12C. The lowest BCUT2D eigenvalue weighted by Crippen LogP contribution is -2.62. The van der Waals surface area contributed by atoms with E-state index in [1.54, 1.807) is 6.92 Å². The number of hydrogen-bond acceptors (Lipinski definition) is 6. The van der Waals surface area contributed by atoms with Crippen molar-refractivity contribution in [3.63, 3.8) is 0 Å². The number of rotatable bonds is 9. The van der Waals surface area contributed by atoms with Crippen LogP contribution in [0.4, 0.5) is 0 Å². The molecule has 4 aliphatic rings. The third-order valence-corrected chi connectivity index (χ3v) is 11.5. The molecule has 4 fully saturated rings. The van der Waals surface area contributed by atoms with Crippen LogP contribution in [0, 0.1) is 46.3 Å². The molecule has 6 heteroatoms. The number of esters is 1. The summed E-state index contributed by atoms with van der Waals surface area (Å²) < 4.78 is 11.0. The maximum absolute atomic E-state index is 12.5. The summed E-state index contributed by atoms with van der Waals surface area (Å²) in [6.45, 7) is 11.4. The average Bonchev–Trinajstić information content (AvgIpc) is 3.18. The van der Waals surface area contributed by atoms with Crippen LogP contribution in [0.5, 0.6) is 0 Å². The summed E-state index contributed by atoms with van der Waals surface area (Å²) in [5, 5.41) is 33.4. The molecule has 0 aromatic heterocycles. The molecule has 0 aromatic rings. The lowest BCUT2D eigenvalue weighted by atomic mass is 9.43. The third-order valence-electron chi connectivity index (χ3n) is 11.5. The fourth-order valence-electron chi connectivity index (χ4n) is 9.35. The van der Waals surface area contributed by atoms with Gasteiger partial charge in [-0.15, -0.1) is 0 Å². The van der Waals surface area contributed by atoms with Gasteiger partial charge in [-0.25, -0.2) is 0 Å². The van der Waals surface area contributed by atoms with E-state index in [2.05, 4.69) is 27.7 Å². The van der Waals surface area contributed by atoms with Crippen LogP contribution in [0.1, 0.15) is 105 Å². The number of carbonyl (C=O) groups is 1. The Kier molecular flexibility index (Phi) is 8.81. The Balaban J connectivity index is 1.40. The summed E-state index contributed by atoms with van der Waals surface area (Å²) in [6, 6.07) is 0. The van der Waals surface area contributed by atoms with Gasteiger partial charge in [-0.2, -0.15) is 0 Å². The van der Waals surface area contributed by atoms with Gasteiger partial charge in [0.05, 0.1) is 24.9 Å². The standard InChI is InChI=1S/C30H52O6/c1-6-7-14-35-19(3)36-27(34)11-8-18(2)22-9-10-23-28-24(17-26(33)30(22,23)5)29(4)13-12-21(31)15-20(29)16-25(28)32/h18-26,28,31-33H,6-17H2,1-5H3. The fourth-order valence-corrected chi connectivity index (χ4v) is 9.35. The van der Waals surface area contributed by atoms with E-state index in [1.807, 2.05) is 0 Å². The van der Waals surface area contributed by atoms with Crippen LogP contribution in [0.3, 0.4) is 0 Å². The predicted molar refractivity (Wildman–Crippen MR) is 139 cm³/mol. The number of aliphatic hydroxyl groups excluding tert-OH is 3. The zero-order valence-corrected chi connectivity index (χ0v) is 23.3. The highest BCUT2D eigenvalue weighted by atomic mass is 16.7. The summed E-state index contributed by atoms with van der Waals surface area (Å²) >= 11 is 0. The first-order chi connectivity index (χ1) is 17.0. The Bertz CT molecular complexity index is 758. The smallest absolute Gasteiger partial charge is 0.308 e. The molecular weight excluding hydrogens is 456 g/mol. The van der Waals surface area contributed by atoms with E-state index in [-0.39, 0.29) is 34.9 Å². The minimum atomic E-state index is -0.510. The van der Waals surface area contributed by atoms with Crippen LogP contribution in [-0.2, 0) is 14.3 Å². The molecule has 208 valence electrons. The third kappa shape index (κ3) is 5.13. The molecule has 4 rings (SSSR count). The lowest BCUT2D eigenvalue weighted by Gasteiger charge is -2.63. The first-order valence-corrected chi connectivity index (χ1v) is 14.9. The molecule has 0 aromatic carbocycles. The van der Waals surface area contributed by atoms with Crippen LogP contribution in [0.2, 0.25) is 0 Å². The fraction of sp³-hybridized carbons (Fsp3) is 0.967. The first kappa shape index (κ1) is 28.3. The molecule has 36 heavy (non-hydrogen) atoms. The van der Waals surface area contributed by atoms with Gasteiger partial charge in [-0.1, -0.05) is 34.1 Å². The van der Waals surface area contributed by atoms with E-state index >= 15 is 0 Å². The summed E-state index contributed by atoms with van der Waals surface area (Å²) in [5.74, 6) is 1.58. The van der Waals surface area contributed by atoms with E-state index in [0.29, 0.717) is 42.6 Å². The summed E-state index contributed by atoms with van der Waals surface area (Å²) in [4.78, 5) is 12.5. The molecule has 0 aliphatic heterocycles. The number of aliphatic hydroxyl groups is 3. The van der Waals surface area contributed by atoms with Gasteiger partial charge in [-0.3, -0.25) is 4.79 Å². The quantitative estimate of drug-likeness (QED) is 0.229. The van der Waals surface area contributed by atoms with Crippen molar-refractivity contribution in [2.75, 3.05) is 6.61 Å². The average molecular weight is 509 g/mol. The molecule has 4 aliphatic carbocycles. The monoisotopic (exact) mass is 508 g/mol. The number of fused-ring (bicyclic) bond motifs is 5. The Morgan fingerprint density at radius 3 is 2.50 bits per heavy atom. The van der Waals surface area contributed by atoms with Gasteiger partial charge in [0.1, 0.15) is 0 Å². The van der Waals surface area contributed by atoms with Gasteiger partial charge >= 0.3 is 5.97 Å². The molecule has 3 N–H and O–H groups in total. The second-order valence-corrected chi connectivity index (χ2v) is 13.3. The molecule has 0 bridgehead atoms. The van der Waals surface area contributed by atoms with Crippen molar-refractivity contribution in [2.45, 2.75) is 130 Å². The maximum Gasteiger partial charge on any atom is 0.308 e. The topological polar surface area (TPSA) is 96.2 Å². The van der Waals surface area contributed by atoms with Crippen molar-refractivity contribution in [1.29, 1.82) is 0 Å². The molecule has 0 heterocycles. The van der Waals surface area contributed by atoms with Gasteiger partial charge in [0.15, 0.2) is 6.29 Å². The van der Waals surface area contributed by atoms with Crippen molar-refractivity contribution in [3.05, 3.63) is 0 Å². The predicted octanol–water partition coefficient (Wildman–Crippen LogP) is 5.07. The Labute approximate surface area is 218 Å². The molecule has 12 atom stereocenters. The second-order valence-electron chi connectivity index (χ2n) is 13.3. The van der Waals surface area contributed by atoms with Crippen molar-refractivity contribution in [3.8, 4) is 0 Å². The molecular formula is C30H52O6. The highest BCUT2D eigenvalue weighted by Gasteiger charge is 2.65. The minimum absolute atomic E-state index is 0.0921. The summed E-state index contributed by atoms with van der Waals surface area (Å²) in [7, 11) is 0. The van der Waals surface area contributed by atoms with Crippen molar-refractivity contribution >= 4 is 5.97 Å². The Hall–Kier alpha value is -0.690. The van der Waals surface area contributed by atoms with Gasteiger partial charge in [-0.05, 0) is 111 Å². The second kappa shape index (κ2) is 11.2. The van der Waals surface area contributed by atoms with Gasteiger partial charge in [0.2, 0.25) is 0 Å². The molecule has 0 radical (unpaired) electrons. The van der Waals surface area contributed by atoms with E-state index in [4.69, 9.17) is 9.47 Å². The summed E-state index contributed by atoms with van der Waals surface area (Å²) in [5.41, 5.74) is -0.145. The van der Waals surface area contributed by atoms with Gasteiger partial charge in [0, 0.05) is 6.42 Å². The zero-order valence-electron chi connectivity index (χ0n) is 23.3. The number of carbonyl (C=O) groups excluding carboxylic acids is 1. The van der Waals surface area contributed by atoms with Crippen molar-refractivity contribution in [1.82, 2.24) is 0 Å². The number of unbranched alkanes of at least 4 members (excludes halogenated alkanes) is 1. The normalized spacial score (nSPS) is 45.8. The highest BCUT2D eigenvalue weighted by Crippen LogP contribution is 2.68. The summed E-state index contributed by atoms with van der Waals surface area (Å²) in [6.07, 6.45) is 7.83. The molecule has 0 saturated heterocycles. The van der Waals surface area contributed by atoms with Crippen LogP contribution in [-0.4, -0.2) is 52.5 Å². The van der Waals surface area contributed by atoms with Crippen molar-refractivity contribution in [2.24, 2.45) is 46.3 Å². The van der Waals surface area contributed by atoms with E-state index in [1.165, 1.54) is 0 Å². The van der Waals surface area contributed by atoms with Crippen LogP contribution in [0.15, 0.2) is 0 Å². The van der Waals surface area contributed by atoms with Crippen LogP contribution < -0.4 is 0 Å². The number of hydrogen-bond donors (Lipinski definition) is 3. The zero-order chi connectivity index (χ0) is 26.3. The van der Waals surface area contributed by atoms with E-state index < -0.39 is 12.4 Å². The van der Waals surface area contributed by atoms with Crippen molar-refractivity contribution < 1.29 is 29.6 Å². The largest absolute Gasteiger partial charge is 0.436 e. The van der Waals surface area contributed by atoms with Crippen LogP contribution >= 0.6 is 0 Å². The maximum atomic E-state index is 12.5. The van der Waals surface area contributed by atoms with E-state index in [0.717, 1.165) is 64.2 Å². The number of ether oxygens (including phenoxy) is 2. The van der Waals surface area contributed by atoms with Gasteiger partial charge < -0.3 is 24.8 Å². The molecule has 6 nitrogen and oxygen atoms in total. The highest BCUT2D eigenvalue weighted by molar-refractivity contribution is 5.69.